The van der Waals surface area contributed by atoms with Crippen LogP contribution >= 0.6 is 0 Å². The van der Waals surface area contributed by atoms with E-state index in [1.54, 1.807) is 6.07 Å². The predicted molar refractivity (Wildman–Crippen MR) is 109 cm³/mol. The number of rotatable bonds is 10. The van der Waals surface area contributed by atoms with E-state index in [4.69, 9.17) is 9.47 Å². The van der Waals surface area contributed by atoms with Crippen LogP contribution in [0.1, 0.15) is 26.3 Å². The molecular formula is C22H28N2O3. The van der Waals surface area contributed by atoms with E-state index in [-0.39, 0.29) is 18.6 Å². The largest absolute Gasteiger partial charge is 0.491 e. The van der Waals surface area contributed by atoms with E-state index in [2.05, 4.69) is 17.2 Å². The predicted octanol–water partition coefficient (Wildman–Crippen LogP) is 4.16. The number of benzene rings is 2. The molecule has 0 saturated heterocycles. The van der Waals surface area contributed by atoms with Gasteiger partial charge in [-0.2, -0.15) is 0 Å². The van der Waals surface area contributed by atoms with Crippen LogP contribution in [0.2, 0.25) is 0 Å². The van der Waals surface area contributed by atoms with Crippen LogP contribution in [0.5, 0.6) is 11.5 Å². The average Bonchev–Trinajstić information content (AvgIpc) is 2.61. The van der Waals surface area contributed by atoms with Crippen molar-refractivity contribution in [3.63, 3.8) is 0 Å². The Morgan fingerprint density at radius 2 is 1.85 bits per heavy atom. The summed E-state index contributed by atoms with van der Waals surface area (Å²) in [6.45, 7) is 11.0. The first-order valence-electron chi connectivity index (χ1n) is 9.06. The van der Waals surface area contributed by atoms with E-state index >= 15 is 0 Å². The van der Waals surface area contributed by atoms with Crippen molar-refractivity contribution in [3.8, 4) is 11.5 Å². The zero-order valence-electron chi connectivity index (χ0n) is 16.2. The van der Waals surface area contributed by atoms with E-state index < -0.39 is 0 Å². The lowest BCUT2D eigenvalue weighted by Gasteiger charge is -2.11. The van der Waals surface area contributed by atoms with Crippen LogP contribution in [0.15, 0.2) is 60.7 Å². The molecule has 0 aliphatic rings. The van der Waals surface area contributed by atoms with Crippen molar-refractivity contribution in [2.45, 2.75) is 33.4 Å². The van der Waals surface area contributed by atoms with Gasteiger partial charge < -0.3 is 20.1 Å². The third-order valence-electron chi connectivity index (χ3n) is 3.51. The van der Waals surface area contributed by atoms with E-state index in [0.717, 1.165) is 16.9 Å². The molecule has 0 atom stereocenters. The standard InChI is InChI=1S/C22H28N2O3/c1-16(2)15-26-21-7-5-6-19(12-21)24-22(25)14-23-13-18-8-10-20(11-9-18)27-17(3)4/h5-12,17,23H,1,13-15H2,2-4H3,(H,24,25). The molecule has 0 fully saturated rings. The number of nitrogens with one attached hydrogen (secondary N) is 2. The summed E-state index contributed by atoms with van der Waals surface area (Å²) in [5, 5.41) is 6.00. The maximum Gasteiger partial charge on any atom is 0.238 e. The first kappa shape index (κ1) is 20.5. The molecule has 0 saturated carbocycles. The molecule has 0 unspecified atom stereocenters. The summed E-state index contributed by atoms with van der Waals surface area (Å²) in [4.78, 5) is 12.1. The van der Waals surface area contributed by atoms with Gasteiger partial charge in [0.1, 0.15) is 18.1 Å². The summed E-state index contributed by atoms with van der Waals surface area (Å²) in [5.41, 5.74) is 2.74. The first-order chi connectivity index (χ1) is 12.9. The molecule has 5 heteroatoms. The number of ether oxygens (including phenoxy) is 2. The average molecular weight is 368 g/mol. The van der Waals surface area contributed by atoms with E-state index in [1.165, 1.54) is 0 Å². The van der Waals surface area contributed by atoms with E-state index in [1.807, 2.05) is 63.2 Å². The first-order valence-corrected chi connectivity index (χ1v) is 9.06. The SMILES string of the molecule is C=C(C)COc1cccc(NC(=O)CNCc2ccc(OC(C)C)cc2)c1. The third-order valence-corrected chi connectivity index (χ3v) is 3.51. The lowest BCUT2D eigenvalue weighted by molar-refractivity contribution is -0.115. The van der Waals surface area contributed by atoms with Gasteiger partial charge in [0.15, 0.2) is 0 Å². The highest BCUT2D eigenvalue weighted by Gasteiger charge is 2.04. The minimum Gasteiger partial charge on any atom is -0.491 e. The molecule has 0 aliphatic carbocycles. The van der Waals surface area contributed by atoms with Crippen molar-refractivity contribution in [2.24, 2.45) is 0 Å². The Labute approximate surface area is 161 Å². The molecule has 0 spiro atoms. The Morgan fingerprint density at radius 1 is 1.11 bits per heavy atom. The van der Waals surface area contributed by atoms with Crippen molar-refractivity contribution < 1.29 is 14.3 Å². The van der Waals surface area contributed by atoms with Gasteiger partial charge in [-0.3, -0.25) is 4.79 Å². The number of hydrogen-bond donors (Lipinski definition) is 2. The summed E-state index contributed by atoms with van der Waals surface area (Å²) in [7, 11) is 0. The Bertz CT molecular complexity index is 754. The molecule has 2 rings (SSSR count). The number of carbonyl (C=O) groups excluding carboxylic acids is 1. The molecule has 0 aromatic heterocycles. The van der Waals surface area contributed by atoms with Gasteiger partial charge in [0.05, 0.1) is 12.6 Å². The van der Waals surface area contributed by atoms with Gasteiger partial charge in [-0.25, -0.2) is 0 Å². The molecule has 2 N–H and O–H groups in total. The number of hydrogen-bond acceptors (Lipinski definition) is 4. The van der Waals surface area contributed by atoms with Gasteiger partial charge in [-0.15, -0.1) is 0 Å². The second kappa shape index (κ2) is 10.4. The van der Waals surface area contributed by atoms with Crippen LogP contribution in [0.4, 0.5) is 5.69 Å². The molecule has 5 nitrogen and oxygen atoms in total. The van der Waals surface area contributed by atoms with Gasteiger partial charge >= 0.3 is 0 Å². The lowest BCUT2D eigenvalue weighted by atomic mass is 10.2. The number of amides is 1. The van der Waals surface area contributed by atoms with Crippen LogP contribution in [0.3, 0.4) is 0 Å². The van der Waals surface area contributed by atoms with Crippen LogP contribution in [-0.4, -0.2) is 25.2 Å². The van der Waals surface area contributed by atoms with Crippen LogP contribution in [-0.2, 0) is 11.3 Å². The zero-order chi connectivity index (χ0) is 19.6. The minimum absolute atomic E-state index is 0.105. The molecule has 2 aromatic carbocycles. The Hall–Kier alpha value is -2.79. The fraction of sp³-hybridized carbons (Fsp3) is 0.318. The fourth-order valence-electron chi connectivity index (χ4n) is 2.35. The molecule has 144 valence electrons. The zero-order valence-corrected chi connectivity index (χ0v) is 16.2. The lowest BCUT2D eigenvalue weighted by Crippen LogP contribution is -2.27. The summed E-state index contributed by atoms with van der Waals surface area (Å²) in [6, 6.07) is 15.2. The van der Waals surface area contributed by atoms with Crippen LogP contribution < -0.4 is 20.1 Å². The van der Waals surface area contributed by atoms with Gasteiger partial charge in [0.2, 0.25) is 5.91 Å². The Morgan fingerprint density at radius 3 is 2.52 bits per heavy atom. The molecule has 0 heterocycles. The van der Waals surface area contributed by atoms with Crippen molar-refractivity contribution in [1.29, 1.82) is 0 Å². The number of anilines is 1. The monoisotopic (exact) mass is 368 g/mol. The maximum atomic E-state index is 12.1. The van der Waals surface area contributed by atoms with Crippen molar-refractivity contribution in [2.75, 3.05) is 18.5 Å². The van der Waals surface area contributed by atoms with Crippen LogP contribution in [0.25, 0.3) is 0 Å². The van der Waals surface area contributed by atoms with Crippen LogP contribution in [0, 0.1) is 0 Å². The Kier molecular flexibility index (Phi) is 7.89. The summed E-state index contributed by atoms with van der Waals surface area (Å²) in [6.07, 6.45) is 0.155. The highest BCUT2D eigenvalue weighted by Crippen LogP contribution is 2.18. The number of carbonyl (C=O) groups is 1. The van der Waals surface area contributed by atoms with Crippen molar-refractivity contribution >= 4 is 11.6 Å². The maximum absolute atomic E-state index is 12.1. The summed E-state index contributed by atoms with van der Waals surface area (Å²) in [5.74, 6) is 1.44. The third kappa shape index (κ3) is 7.96. The molecular weight excluding hydrogens is 340 g/mol. The summed E-state index contributed by atoms with van der Waals surface area (Å²) < 4.78 is 11.2. The quantitative estimate of drug-likeness (QED) is 0.618. The molecule has 0 aliphatic heterocycles. The highest BCUT2D eigenvalue weighted by molar-refractivity contribution is 5.92. The molecule has 0 radical (unpaired) electrons. The Balaban J connectivity index is 1.76. The smallest absolute Gasteiger partial charge is 0.238 e. The minimum atomic E-state index is -0.105. The normalized spacial score (nSPS) is 10.5. The fourth-order valence-corrected chi connectivity index (χ4v) is 2.35. The van der Waals surface area contributed by atoms with Gasteiger partial charge in [-0.1, -0.05) is 24.8 Å². The van der Waals surface area contributed by atoms with Gasteiger partial charge in [-0.05, 0) is 56.2 Å². The van der Waals surface area contributed by atoms with Gasteiger partial charge in [0.25, 0.3) is 0 Å². The van der Waals surface area contributed by atoms with E-state index in [0.29, 0.717) is 24.6 Å². The summed E-state index contributed by atoms with van der Waals surface area (Å²) >= 11 is 0. The molecule has 1 amide bonds. The second-order valence-electron chi connectivity index (χ2n) is 6.74. The molecule has 27 heavy (non-hydrogen) atoms. The van der Waals surface area contributed by atoms with Gasteiger partial charge in [0, 0.05) is 18.3 Å². The van der Waals surface area contributed by atoms with E-state index in [9.17, 15) is 4.79 Å². The van der Waals surface area contributed by atoms with Crippen molar-refractivity contribution in [3.05, 3.63) is 66.2 Å². The highest BCUT2D eigenvalue weighted by atomic mass is 16.5. The molecule has 2 aromatic rings. The molecule has 0 bridgehead atoms. The second-order valence-corrected chi connectivity index (χ2v) is 6.74. The van der Waals surface area contributed by atoms with Crippen molar-refractivity contribution in [1.82, 2.24) is 5.32 Å². The topological polar surface area (TPSA) is 59.6 Å².